The summed E-state index contributed by atoms with van der Waals surface area (Å²) in [6.45, 7) is 5.05. The number of carboxylic acid groups (broad SMARTS) is 1. The standard InChI is InChI=1S/C45H55F2N7O10/c1-45(2,3)42(35-21-29(31-22-30(46)14-15-32(31)47)26-52(35)25-28-11-6-4-7-12-28)54(40(60)27-55)20-10-18-49-43(63)33(23-36(48)56)51-44(64)34(24-41(61)62)50-37(57)13-8-5-9-19-53-38(58)16-17-39(53)59/h4,6-7,11-12,14-17,21-22,26,33-34,42,55H,5,8-10,13,18-20,23-25,27H2,1-3H3,(H2,48,56)(H,49,63)(H,50,57)(H,51,64)(H,61,62)/t33-,34-,42-/m0/s1. The molecule has 0 radical (unpaired) electrons. The molecule has 344 valence electrons. The zero-order valence-electron chi connectivity index (χ0n) is 36.0. The summed E-state index contributed by atoms with van der Waals surface area (Å²) in [4.78, 5) is 103. The van der Waals surface area contributed by atoms with E-state index in [1.54, 1.807) is 12.3 Å². The number of nitrogens with zero attached hydrogens (tertiary/aromatic N) is 3. The normalized spacial score (nSPS) is 13.9. The Bertz CT molecular complexity index is 2210. The molecule has 0 spiro atoms. The van der Waals surface area contributed by atoms with Crippen LogP contribution >= 0.6 is 0 Å². The summed E-state index contributed by atoms with van der Waals surface area (Å²) < 4.78 is 31.3. The van der Waals surface area contributed by atoms with Crippen molar-refractivity contribution in [1.82, 2.24) is 30.3 Å². The number of unbranched alkanes of at least 4 members (excludes halogenated alkanes) is 2. The van der Waals surface area contributed by atoms with E-state index in [0.29, 0.717) is 30.6 Å². The van der Waals surface area contributed by atoms with Crippen molar-refractivity contribution in [3.8, 4) is 11.1 Å². The van der Waals surface area contributed by atoms with E-state index in [2.05, 4.69) is 16.0 Å². The van der Waals surface area contributed by atoms with Gasteiger partial charge >= 0.3 is 5.97 Å². The second-order valence-corrected chi connectivity index (χ2v) is 16.5. The number of aliphatic carboxylic acids is 1. The van der Waals surface area contributed by atoms with Gasteiger partial charge in [-0.1, -0.05) is 57.5 Å². The first kappa shape index (κ1) is 49.9. The van der Waals surface area contributed by atoms with Gasteiger partial charge in [0.15, 0.2) is 0 Å². The fourth-order valence-corrected chi connectivity index (χ4v) is 7.40. The highest BCUT2D eigenvalue weighted by atomic mass is 19.1. The number of primary amides is 1. The van der Waals surface area contributed by atoms with Crippen LogP contribution in [0.15, 0.2) is 72.9 Å². The average Bonchev–Trinajstić information content (AvgIpc) is 3.78. The first-order valence-electron chi connectivity index (χ1n) is 20.8. The Morgan fingerprint density at radius 1 is 0.844 bits per heavy atom. The predicted octanol–water partition coefficient (Wildman–Crippen LogP) is 2.70. The van der Waals surface area contributed by atoms with Gasteiger partial charge in [0.2, 0.25) is 29.5 Å². The van der Waals surface area contributed by atoms with Crippen molar-refractivity contribution in [2.24, 2.45) is 11.1 Å². The zero-order valence-corrected chi connectivity index (χ0v) is 36.0. The van der Waals surface area contributed by atoms with Gasteiger partial charge in [-0.25, -0.2) is 8.78 Å². The molecule has 0 saturated carbocycles. The fraction of sp³-hybridized carbons (Fsp3) is 0.422. The summed E-state index contributed by atoms with van der Waals surface area (Å²) in [6.07, 6.45) is 3.56. The number of aliphatic hydroxyl groups excluding tert-OH is 1. The minimum Gasteiger partial charge on any atom is -0.481 e. The van der Waals surface area contributed by atoms with Crippen LogP contribution in [0.4, 0.5) is 8.78 Å². The van der Waals surface area contributed by atoms with Crippen molar-refractivity contribution in [1.29, 1.82) is 0 Å². The maximum absolute atomic E-state index is 15.1. The van der Waals surface area contributed by atoms with Crippen LogP contribution in [0.5, 0.6) is 0 Å². The van der Waals surface area contributed by atoms with Gasteiger partial charge in [-0.2, -0.15) is 0 Å². The molecule has 0 unspecified atom stereocenters. The Labute approximate surface area is 369 Å². The zero-order chi connectivity index (χ0) is 47.1. The molecule has 0 bridgehead atoms. The number of benzene rings is 2. The van der Waals surface area contributed by atoms with Crippen molar-refractivity contribution in [3.05, 3.63) is 95.8 Å². The minimum atomic E-state index is -1.63. The minimum absolute atomic E-state index is 0.00978. The number of aliphatic hydroxyl groups is 1. The molecular formula is C45H55F2N7O10. The van der Waals surface area contributed by atoms with Gasteiger partial charge in [0.05, 0.1) is 18.9 Å². The van der Waals surface area contributed by atoms with Crippen molar-refractivity contribution in [3.63, 3.8) is 0 Å². The third-order valence-corrected chi connectivity index (χ3v) is 10.4. The molecule has 1 aromatic heterocycles. The van der Waals surface area contributed by atoms with Crippen molar-refractivity contribution in [2.75, 3.05) is 26.2 Å². The summed E-state index contributed by atoms with van der Waals surface area (Å²) >= 11 is 0. The van der Waals surface area contributed by atoms with Gasteiger partial charge in [-0.3, -0.25) is 43.3 Å². The van der Waals surface area contributed by atoms with E-state index < -0.39 is 102 Å². The van der Waals surface area contributed by atoms with Crippen LogP contribution in [0.2, 0.25) is 0 Å². The lowest BCUT2D eigenvalue weighted by atomic mass is 9.83. The largest absolute Gasteiger partial charge is 0.481 e. The Hall–Kier alpha value is -6.76. The van der Waals surface area contributed by atoms with Gasteiger partial charge in [0, 0.05) is 67.8 Å². The van der Waals surface area contributed by atoms with Crippen molar-refractivity contribution >= 4 is 47.3 Å². The first-order chi connectivity index (χ1) is 30.3. The molecule has 7 amide bonds. The Morgan fingerprint density at radius 3 is 2.14 bits per heavy atom. The van der Waals surface area contributed by atoms with Crippen LogP contribution in [0.3, 0.4) is 0 Å². The number of rotatable bonds is 24. The Kier molecular flexibility index (Phi) is 18.0. The monoisotopic (exact) mass is 891 g/mol. The van der Waals surface area contributed by atoms with Gasteiger partial charge in [0.1, 0.15) is 30.3 Å². The number of nitrogens with one attached hydrogen (secondary N) is 3. The van der Waals surface area contributed by atoms with E-state index in [0.717, 1.165) is 40.8 Å². The second kappa shape index (κ2) is 23.1. The number of aromatic nitrogens is 1. The number of imide groups is 1. The summed E-state index contributed by atoms with van der Waals surface area (Å²) in [6, 6.07) is 10.2. The average molecular weight is 892 g/mol. The van der Waals surface area contributed by atoms with E-state index >= 15 is 4.39 Å². The summed E-state index contributed by atoms with van der Waals surface area (Å²) in [5, 5.41) is 26.9. The van der Waals surface area contributed by atoms with Crippen molar-refractivity contribution < 1.29 is 57.4 Å². The summed E-state index contributed by atoms with van der Waals surface area (Å²) in [5.41, 5.74) is 6.47. The first-order valence-corrected chi connectivity index (χ1v) is 20.8. The SMILES string of the molecule is CC(C)(C)[C@H](c1cc(-c2cc(F)ccc2F)cn1Cc1ccccc1)N(CCCNC(=O)[C@H](CC(N)=O)NC(=O)[C@H](CC(=O)O)NC(=O)CCCCCN1C(=O)C=CC1=O)C(=O)CO. The highest BCUT2D eigenvalue weighted by Crippen LogP contribution is 2.41. The number of hydrogen-bond donors (Lipinski definition) is 6. The van der Waals surface area contributed by atoms with Crippen molar-refractivity contribution in [2.45, 2.75) is 90.4 Å². The number of halogens is 2. The lowest BCUT2D eigenvalue weighted by Gasteiger charge is -2.41. The van der Waals surface area contributed by atoms with E-state index in [9.17, 15) is 53.0 Å². The van der Waals surface area contributed by atoms with Gasteiger partial charge in [0.25, 0.3) is 11.8 Å². The van der Waals surface area contributed by atoms with Gasteiger partial charge < -0.3 is 41.4 Å². The van der Waals surface area contributed by atoms with E-state index in [-0.39, 0.29) is 44.5 Å². The number of carboxylic acids is 1. The molecule has 3 atom stereocenters. The topological polar surface area (TPSA) is 251 Å². The van der Waals surface area contributed by atoms with Crippen LogP contribution in [0, 0.1) is 17.0 Å². The smallest absolute Gasteiger partial charge is 0.305 e. The lowest BCUT2D eigenvalue weighted by Crippen LogP contribution is -2.55. The fourth-order valence-electron chi connectivity index (χ4n) is 7.40. The molecule has 0 saturated heterocycles. The highest BCUT2D eigenvalue weighted by molar-refractivity contribution is 6.12. The highest BCUT2D eigenvalue weighted by Gasteiger charge is 2.37. The van der Waals surface area contributed by atoms with Gasteiger partial charge in [-0.05, 0) is 54.5 Å². The summed E-state index contributed by atoms with van der Waals surface area (Å²) in [5.74, 6) is -7.84. The molecule has 2 aromatic carbocycles. The number of amides is 7. The number of carbonyl (C=O) groups is 8. The predicted molar refractivity (Wildman–Crippen MR) is 228 cm³/mol. The van der Waals surface area contributed by atoms with Crippen LogP contribution in [-0.2, 0) is 44.9 Å². The Morgan fingerprint density at radius 2 is 1.52 bits per heavy atom. The maximum atomic E-state index is 15.1. The van der Waals surface area contributed by atoms with Gasteiger partial charge in [-0.15, -0.1) is 0 Å². The number of carbonyl (C=O) groups excluding carboxylic acids is 7. The molecule has 17 nitrogen and oxygen atoms in total. The van der Waals surface area contributed by atoms with E-state index in [4.69, 9.17) is 5.73 Å². The summed E-state index contributed by atoms with van der Waals surface area (Å²) in [7, 11) is 0. The van der Waals surface area contributed by atoms with Crippen LogP contribution in [0.25, 0.3) is 11.1 Å². The molecule has 3 aromatic rings. The molecule has 1 aliphatic rings. The number of hydrogen-bond acceptors (Lipinski definition) is 9. The van der Waals surface area contributed by atoms with Crippen LogP contribution in [0.1, 0.15) is 83.0 Å². The molecule has 0 fully saturated rings. The molecule has 64 heavy (non-hydrogen) atoms. The Balaban J connectivity index is 1.45. The third kappa shape index (κ3) is 14.4. The lowest BCUT2D eigenvalue weighted by molar-refractivity contribution is -0.141. The molecular weight excluding hydrogens is 837 g/mol. The molecule has 19 heteroatoms. The molecule has 7 N–H and O–H groups in total. The van der Waals surface area contributed by atoms with E-state index in [1.807, 2.05) is 55.7 Å². The van der Waals surface area contributed by atoms with E-state index in [1.165, 1.54) is 4.90 Å². The molecule has 4 rings (SSSR count). The van der Waals surface area contributed by atoms with Crippen LogP contribution < -0.4 is 21.7 Å². The number of nitrogens with two attached hydrogens (primary N) is 1. The third-order valence-electron chi connectivity index (χ3n) is 10.4. The second-order valence-electron chi connectivity index (χ2n) is 16.5. The quantitative estimate of drug-likeness (QED) is 0.0567. The molecule has 2 heterocycles. The molecule has 0 aliphatic carbocycles. The van der Waals surface area contributed by atoms with Crippen LogP contribution in [-0.4, -0.2) is 110 Å². The molecule has 1 aliphatic heterocycles. The maximum Gasteiger partial charge on any atom is 0.305 e.